The van der Waals surface area contributed by atoms with Gasteiger partial charge in [0, 0.05) is 38.1 Å². The summed E-state index contributed by atoms with van der Waals surface area (Å²) >= 11 is 0. The van der Waals surface area contributed by atoms with E-state index in [0.29, 0.717) is 0 Å². The summed E-state index contributed by atoms with van der Waals surface area (Å²) in [6.45, 7) is 11.0. The Morgan fingerprint density at radius 1 is 0.660 bits per heavy atom. The Morgan fingerprint density at radius 2 is 1.00 bits per heavy atom. The predicted molar refractivity (Wildman–Crippen MR) is 172 cm³/mol. The number of nitrogens with zero attached hydrogens (tertiary/aromatic N) is 2. The number of β-amino-alcohol motifs (C(OH)–C–C–N with tert-alkyl or cyclic N) is 2. The third kappa shape index (κ3) is 11.7. The summed E-state index contributed by atoms with van der Waals surface area (Å²) in [5, 5.41) is 38.7. The molecule has 16 heteroatoms. The third-order valence-corrected chi connectivity index (χ3v) is 7.25. The second kappa shape index (κ2) is 16.3. The average Bonchev–Trinajstić information content (AvgIpc) is 2.97. The van der Waals surface area contributed by atoms with Crippen LogP contribution in [-0.2, 0) is 9.47 Å². The largest absolute Gasteiger partial charge is 0.487 e. The molecular weight excluding hydrogens is 666 g/mol. The van der Waals surface area contributed by atoms with E-state index < -0.39 is 71.4 Å². The summed E-state index contributed by atoms with van der Waals surface area (Å²) in [7, 11) is 0. The molecule has 276 valence electrons. The number of amides is 2. The number of halogens is 2. The highest BCUT2D eigenvalue weighted by molar-refractivity contribution is 5.91. The lowest BCUT2D eigenvalue weighted by molar-refractivity contribution is -0.0380. The quantitative estimate of drug-likeness (QED) is 0.328. The average molecular weight is 711 g/mol. The lowest BCUT2D eigenvalue weighted by Gasteiger charge is -2.36. The number of carbonyl (C=O) groups is 4. The molecule has 0 saturated carbocycles. The van der Waals surface area contributed by atoms with Gasteiger partial charge in [-0.2, -0.15) is 0 Å². The second-order valence-electron chi connectivity index (χ2n) is 13.8. The second-order valence-corrected chi connectivity index (χ2v) is 13.8. The molecule has 2 aliphatic rings. The Labute approximate surface area is 288 Å². The van der Waals surface area contributed by atoms with Gasteiger partial charge in [-0.25, -0.2) is 28.0 Å². The van der Waals surface area contributed by atoms with Gasteiger partial charge in [-0.05, 0) is 65.8 Å². The first kappa shape index (κ1) is 39.7. The van der Waals surface area contributed by atoms with E-state index in [1.807, 2.05) is 0 Å². The van der Waals surface area contributed by atoms with Crippen LogP contribution < -0.4 is 9.47 Å². The number of carboxylic acid groups (broad SMARTS) is 2. The summed E-state index contributed by atoms with van der Waals surface area (Å²) in [5.74, 6) is -4.09. The van der Waals surface area contributed by atoms with Gasteiger partial charge >= 0.3 is 24.1 Å². The maximum Gasteiger partial charge on any atom is 0.410 e. The van der Waals surface area contributed by atoms with Crippen molar-refractivity contribution >= 4 is 24.1 Å². The van der Waals surface area contributed by atoms with Crippen LogP contribution in [0.5, 0.6) is 11.5 Å². The first-order valence-corrected chi connectivity index (χ1v) is 15.8. The molecule has 2 saturated heterocycles. The van der Waals surface area contributed by atoms with E-state index in [0.717, 1.165) is 36.4 Å². The molecule has 0 spiro atoms. The molecule has 2 amide bonds. The van der Waals surface area contributed by atoms with Crippen LogP contribution in [0.15, 0.2) is 36.4 Å². The zero-order valence-electron chi connectivity index (χ0n) is 28.7. The summed E-state index contributed by atoms with van der Waals surface area (Å²) < 4.78 is 48.3. The molecule has 14 nitrogen and oxygen atoms in total. The van der Waals surface area contributed by atoms with Gasteiger partial charge in [-0.1, -0.05) is 0 Å². The van der Waals surface area contributed by atoms with Gasteiger partial charge in [0.1, 0.15) is 69.9 Å². The molecule has 4 N–H and O–H groups in total. The number of ether oxygens (including phenoxy) is 4. The highest BCUT2D eigenvalue weighted by Gasteiger charge is 2.36. The maximum atomic E-state index is 13.4. The van der Waals surface area contributed by atoms with E-state index in [2.05, 4.69) is 0 Å². The van der Waals surface area contributed by atoms with Crippen LogP contribution in [0.2, 0.25) is 0 Å². The minimum Gasteiger partial charge on any atom is -0.487 e. The van der Waals surface area contributed by atoms with Gasteiger partial charge in [-0.3, -0.25) is 0 Å². The molecule has 2 aromatic rings. The third-order valence-electron chi connectivity index (χ3n) is 7.25. The van der Waals surface area contributed by atoms with Crippen molar-refractivity contribution in [1.82, 2.24) is 9.80 Å². The lowest BCUT2D eigenvalue weighted by Crippen LogP contribution is -2.52. The summed E-state index contributed by atoms with van der Waals surface area (Å²) in [6, 6.07) is 6.20. The van der Waals surface area contributed by atoms with Gasteiger partial charge in [0.15, 0.2) is 0 Å². The van der Waals surface area contributed by atoms with Gasteiger partial charge in [0.2, 0.25) is 0 Å². The number of hydrogen-bond donors (Lipinski definition) is 4. The molecule has 50 heavy (non-hydrogen) atoms. The fourth-order valence-electron chi connectivity index (χ4n) is 4.95. The van der Waals surface area contributed by atoms with Crippen LogP contribution in [0.3, 0.4) is 0 Å². The van der Waals surface area contributed by atoms with Gasteiger partial charge in [0.25, 0.3) is 0 Å². The van der Waals surface area contributed by atoms with Gasteiger partial charge < -0.3 is 49.2 Å². The zero-order valence-corrected chi connectivity index (χ0v) is 28.7. The zero-order chi connectivity index (χ0) is 37.6. The molecular formula is C34H44F2N2O12. The van der Waals surface area contributed by atoms with Crippen molar-refractivity contribution in [2.45, 2.75) is 90.0 Å². The molecule has 2 aliphatic heterocycles. The number of aliphatic hydroxyl groups is 2. The monoisotopic (exact) mass is 710 g/mol. The van der Waals surface area contributed by atoms with E-state index >= 15 is 0 Å². The molecule has 2 aromatic carbocycles. The number of carboxylic acids is 2. The van der Waals surface area contributed by atoms with Gasteiger partial charge in [-0.15, -0.1) is 0 Å². The normalized spacial score (nSPS) is 20.9. The van der Waals surface area contributed by atoms with Crippen molar-refractivity contribution in [3.8, 4) is 11.5 Å². The number of carbonyl (C=O) groups excluding carboxylic acids is 2. The molecule has 0 aromatic heterocycles. The van der Waals surface area contributed by atoms with E-state index in [1.165, 1.54) is 9.80 Å². The van der Waals surface area contributed by atoms with Crippen LogP contribution in [0.25, 0.3) is 0 Å². The first-order chi connectivity index (χ1) is 23.1. The fraction of sp³-hybridized carbons (Fsp3) is 0.529. The number of aromatic carboxylic acids is 2. The van der Waals surface area contributed by atoms with Crippen LogP contribution in [0.4, 0.5) is 18.4 Å². The number of benzene rings is 2. The van der Waals surface area contributed by atoms with Crippen molar-refractivity contribution in [2.24, 2.45) is 0 Å². The maximum absolute atomic E-state index is 13.4. The Hall–Kier alpha value is -4.70. The van der Waals surface area contributed by atoms with Crippen LogP contribution >= 0.6 is 0 Å². The minimum atomic E-state index is -1.25. The molecule has 0 unspecified atom stereocenters. The van der Waals surface area contributed by atoms with Crippen molar-refractivity contribution in [3.63, 3.8) is 0 Å². The minimum absolute atomic E-state index is 0.0166. The Morgan fingerprint density at radius 3 is 1.28 bits per heavy atom. The Balaban J connectivity index is 0.000000270. The molecule has 0 bridgehead atoms. The van der Waals surface area contributed by atoms with Crippen LogP contribution in [-0.4, -0.2) is 116 Å². The smallest absolute Gasteiger partial charge is 0.410 e. The fourth-order valence-corrected chi connectivity index (χ4v) is 4.95. The SMILES string of the molecule is CC(C)(C)OC(=O)N1CC[C@@H](Oc2cc(F)ccc2C(=O)O)[C@H](O)C1.CC(C)(C)OC(=O)N1CC[C@H](Oc2cc(F)ccc2C(=O)O)[C@@H](O)C1. The topological polar surface area (TPSA) is 193 Å². The van der Waals surface area contributed by atoms with Crippen molar-refractivity contribution < 1.29 is 67.3 Å². The molecule has 2 heterocycles. The standard InChI is InChI=1S/2C17H22FNO6/c2*1-17(2,3)25-16(23)19-7-6-13(12(20)9-19)24-14-8-10(18)4-5-11(14)15(21)22/h2*4-5,8,12-13,20H,6-7,9H2,1-3H3,(H,21,22)/t2*12-,13-/m10/s1. The first-order valence-electron chi connectivity index (χ1n) is 15.8. The molecule has 0 aliphatic carbocycles. The van der Waals surface area contributed by atoms with E-state index in [-0.39, 0.29) is 61.6 Å². The molecule has 4 rings (SSSR count). The highest BCUT2D eigenvalue weighted by atomic mass is 19.1. The Bertz CT molecular complexity index is 1430. The molecule has 0 radical (unpaired) electrons. The van der Waals surface area contributed by atoms with Gasteiger partial charge in [0.05, 0.1) is 13.1 Å². The number of aliphatic hydroxyl groups excluding tert-OH is 2. The van der Waals surface area contributed by atoms with Crippen molar-refractivity contribution in [2.75, 3.05) is 26.2 Å². The summed E-state index contributed by atoms with van der Waals surface area (Å²) in [4.78, 5) is 49.2. The van der Waals surface area contributed by atoms with Crippen LogP contribution in [0, 0.1) is 11.6 Å². The number of piperidine rings is 2. The van der Waals surface area contributed by atoms with E-state index in [1.54, 1.807) is 41.5 Å². The van der Waals surface area contributed by atoms with E-state index in [9.17, 15) is 38.2 Å². The molecule has 4 atom stereocenters. The number of hydrogen-bond acceptors (Lipinski definition) is 10. The lowest BCUT2D eigenvalue weighted by atomic mass is 10.0. The number of rotatable bonds is 6. The summed E-state index contributed by atoms with van der Waals surface area (Å²) in [6.07, 6.45) is -4.16. The highest BCUT2D eigenvalue weighted by Crippen LogP contribution is 2.27. The Kier molecular flexibility index (Phi) is 13.0. The van der Waals surface area contributed by atoms with E-state index in [4.69, 9.17) is 29.2 Å². The number of likely N-dealkylation sites (tertiary alicyclic amines) is 2. The predicted octanol–water partition coefficient (Wildman–Crippen LogP) is 4.55. The molecule has 2 fully saturated rings. The van der Waals surface area contributed by atoms with Crippen LogP contribution in [0.1, 0.15) is 75.1 Å². The van der Waals surface area contributed by atoms with Crippen molar-refractivity contribution in [1.29, 1.82) is 0 Å². The van der Waals surface area contributed by atoms with Crippen molar-refractivity contribution in [3.05, 3.63) is 59.2 Å². The summed E-state index contributed by atoms with van der Waals surface area (Å²) in [5.41, 5.74) is -1.67.